The van der Waals surface area contributed by atoms with Gasteiger partial charge < -0.3 is 20.5 Å². The first-order valence-corrected chi connectivity index (χ1v) is 10.5. The van der Waals surface area contributed by atoms with E-state index in [4.69, 9.17) is 15.2 Å². The fourth-order valence-corrected chi connectivity index (χ4v) is 3.73. The highest BCUT2D eigenvalue weighted by Gasteiger charge is 2.27. The van der Waals surface area contributed by atoms with Gasteiger partial charge in [0.2, 0.25) is 5.88 Å². The molecule has 0 radical (unpaired) electrons. The number of nitrogens with zero attached hydrogens (tertiary/aromatic N) is 3. The summed E-state index contributed by atoms with van der Waals surface area (Å²) < 4.78 is 11.2. The molecule has 3 aromatic rings. The molecule has 1 fully saturated rings. The van der Waals surface area contributed by atoms with Crippen LogP contribution >= 0.6 is 0 Å². The van der Waals surface area contributed by atoms with Crippen LogP contribution in [-0.2, 0) is 16.7 Å². The summed E-state index contributed by atoms with van der Waals surface area (Å²) in [5.41, 5.74) is 7.98. The summed E-state index contributed by atoms with van der Waals surface area (Å²) >= 11 is 0. The van der Waals surface area contributed by atoms with Gasteiger partial charge in [-0.15, -0.1) is 0 Å². The Bertz CT molecular complexity index is 1180. The Morgan fingerprint density at radius 1 is 1.16 bits per heavy atom. The largest absolute Gasteiger partial charge is 0.474 e. The number of esters is 1. The third-order valence-corrected chi connectivity index (χ3v) is 5.47. The van der Waals surface area contributed by atoms with E-state index in [2.05, 4.69) is 20.3 Å². The second kappa shape index (κ2) is 7.16. The molecular formula is C23H25N5O3. The first-order valence-electron chi connectivity index (χ1n) is 10.5. The summed E-state index contributed by atoms with van der Waals surface area (Å²) in [4.78, 5) is 25.7. The maximum atomic E-state index is 12.0. The predicted molar refractivity (Wildman–Crippen MR) is 117 cm³/mol. The molecule has 3 aromatic heterocycles. The number of fused-ring (bicyclic) bond motifs is 2. The molecule has 5 rings (SSSR count). The minimum absolute atomic E-state index is 0.187. The van der Waals surface area contributed by atoms with Crippen molar-refractivity contribution in [1.29, 1.82) is 0 Å². The van der Waals surface area contributed by atoms with Crippen molar-refractivity contribution < 1.29 is 14.3 Å². The number of hydrogen-bond donors (Lipinski definition) is 2. The van der Waals surface area contributed by atoms with Gasteiger partial charge in [-0.2, -0.15) is 0 Å². The minimum Gasteiger partial charge on any atom is -0.474 e. The average Bonchev–Trinajstić information content (AvgIpc) is 3.50. The van der Waals surface area contributed by atoms with Gasteiger partial charge in [0, 0.05) is 24.4 Å². The highest BCUT2D eigenvalue weighted by molar-refractivity contribution is 5.93. The first-order chi connectivity index (χ1) is 14.8. The molecule has 0 spiro atoms. The van der Waals surface area contributed by atoms with Crippen molar-refractivity contribution in [1.82, 2.24) is 15.0 Å². The molecule has 1 unspecified atom stereocenters. The van der Waals surface area contributed by atoms with Crippen LogP contribution in [0.2, 0.25) is 0 Å². The molecule has 0 amide bonds. The van der Waals surface area contributed by atoms with Gasteiger partial charge in [-0.05, 0) is 62.8 Å². The summed E-state index contributed by atoms with van der Waals surface area (Å²) in [6, 6.07) is 5.43. The van der Waals surface area contributed by atoms with Crippen molar-refractivity contribution in [2.45, 2.75) is 57.8 Å². The zero-order valence-electron chi connectivity index (χ0n) is 17.8. The van der Waals surface area contributed by atoms with Gasteiger partial charge in [0.1, 0.15) is 23.8 Å². The Kier molecular flexibility index (Phi) is 4.55. The Hall–Kier alpha value is -3.26. The first kappa shape index (κ1) is 19.7. The number of aromatic nitrogens is 3. The van der Waals surface area contributed by atoms with E-state index in [1.54, 1.807) is 24.5 Å². The number of nitrogens with two attached hydrogens (primary N) is 1. The van der Waals surface area contributed by atoms with E-state index in [0.29, 0.717) is 29.5 Å². The van der Waals surface area contributed by atoms with Gasteiger partial charge in [0.05, 0.1) is 16.6 Å². The normalized spacial score (nSPS) is 18.5. The van der Waals surface area contributed by atoms with Gasteiger partial charge >= 0.3 is 5.97 Å². The van der Waals surface area contributed by atoms with Crippen LogP contribution in [0.3, 0.4) is 0 Å². The lowest BCUT2D eigenvalue weighted by atomic mass is 9.93. The molecule has 160 valence electrons. The third-order valence-electron chi connectivity index (χ3n) is 5.47. The Labute approximate surface area is 180 Å². The Morgan fingerprint density at radius 3 is 2.71 bits per heavy atom. The van der Waals surface area contributed by atoms with Gasteiger partial charge in [-0.25, -0.2) is 19.7 Å². The van der Waals surface area contributed by atoms with Crippen LogP contribution in [0.15, 0.2) is 30.6 Å². The quantitative estimate of drug-likeness (QED) is 0.603. The van der Waals surface area contributed by atoms with Crippen LogP contribution in [0.1, 0.15) is 55.2 Å². The van der Waals surface area contributed by atoms with E-state index in [1.807, 2.05) is 26.8 Å². The summed E-state index contributed by atoms with van der Waals surface area (Å²) in [6.07, 6.45) is 6.28. The maximum absolute atomic E-state index is 12.0. The van der Waals surface area contributed by atoms with Gasteiger partial charge in [0.15, 0.2) is 0 Å². The molecule has 0 aromatic carbocycles. The molecule has 0 bridgehead atoms. The number of ether oxygens (including phenoxy) is 2. The zero-order chi connectivity index (χ0) is 21.8. The molecule has 1 atom stereocenters. The predicted octanol–water partition coefficient (Wildman–Crippen LogP) is 3.60. The number of hydrogen-bond acceptors (Lipinski definition) is 8. The molecule has 1 saturated carbocycles. The summed E-state index contributed by atoms with van der Waals surface area (Å²) in [5, 5.41) is 5.02. The van der Waals surface area contributed by atoms with Crippen LogP contribution < -0.4 is 15.8 Å². The topological polar surface area (TPSA) is 112 Å². The van der Waals surface area contributed by atoms with Crippen molar-refractivity contribution in [3.8, 4) is 5.88 Å². The fourth-order valence-electron chi connectivity index (χ4n) is 3.73. The van der Waals surface area contributed by atoms with Crippen molar-refractivity contribution in [2.75, 3.05) is 5.32 Å². The lowest BCUT2D eigenvalue weighted by Crippen LogP contribution is -2.29. The van der Waals surface area contributed by atoms with E-state index < -0.39 is 5.54 Å². The molecule has 4 heterocycles. The molecule has 0 saturated heterocycles. The summed E-state index contributed by atoms with van der Waals surface area (Å²) in [6.45, 7) is 5.76. The molecule has 3 N–H and O–H groups in total. The van der Waals surface area contributed by atoms with Crippen molar-refractivity contribution >= 4 is 28.4 Å². The molecule has 31 heavy (non-hydrogen) atoms. The third kappa shape index (κ3) is 3.90. The van der Waals surface area contributed by atoms with E-state index in [-0.39, 0.29) is 18.2 Å². The number of carbonyl (C=O) groups is 1. The van der Waals surface area contributed by atoms with Crippen LogP contribution in [0.4, 0.5) is 11.6 Å². The van der Waals surface area contributed by atoms with Gasteiger partial charge in [-0.1, -0.05) is 0 Å². The number of pyridine rings is 3. The smallest absolute Gasteiger partial charge is 0.340 e. The second-order valence-electron chi connectivity index (χ2n) is 8.87. The monoisotopic (exact) mass is 419 g/mol. The lowest BCUT2D eigenvalue weighted by molar-refractivity contribution is 0.0297. The van der Waals surface area contributed by atoms with Gasteiger partial charge in [0.25, 0.3) is 0 Å². The molecule has 8 nitrogen and oxygen atoms in total. The standard InChI is InChI=1S/C23H25N5O3/c1-12-8-18-14(22(29)30-12)6-7-19(27-18)28-20-9-15-16(10-25-20)21(31-13-4-5-13)26-11-17(15)23(2,3)24/h6-7,9-13H,4-5,8,24H2,1-3H3,(H,25,27,28). The van der Waals surface area contributed by atoms with E-state index >= 15 is 0 Å². The summed E-state index contributed by atoms with van der Waals surface area (Å²) in [7, 11) is 0. The minimum atomic E-state index is -0.581. The molecule has 1 aliphatic heterocycles. The molecule has 2 aliphatic rings. The van der Waals surface area contributed by atoms with E-state index in [0.717, 1.165) is 34.9 Å². The van der Waals surface area contributed by atoms with Crippen molar-refractivity contribution in [3.05, 3.63) is 47.4 Å². The Balaban J connectivity index is 1.52. The molecule has 1 aliphatic carbocycles. The maximum Gasteiger partial charge on any atom is 0.340 e. The van der Waals surface area contributed by atoms with Crippen LogP contribution in [0.25, 0.3) is 10.8 Å². The van der Waals surface area contributed by atoms with E-state index in [9.17, 15) is 4.79 Å². The van der Waals surface area contributed by atoms with Gasteiger partial charge in [-0.3, -0.25) is 0 Å². The SMILES string of the molecule is CC1Cc2nc(Nc3cc4c(C(C)(C)N)cnc(OC5CC5)c4cn3)ccc2C(=O)O1. The zero-order valence-corrected chi connectivity index (χ0v) is 17.8. The van der Waals surface area contributed by atoms with Crippen molar-refractivity contribution in [3.63, 3.8) is 0 Å². The van der Waals surface area contributed by atoms with Crippen LogP contribution in [-0.4, -0.2) is 33.1 Å². The second-order valence-corrected chi connectivity index (χ2v) is 8.87. The number of carbonyl (C=O) groups excluding carboxylic acids is 1. The van der Waals surface area contributed by atoms with Crippen LogP contribution in [0.5, 0.6) is 5.88 Å². The van der Waals surface area contributed by atoms with Crippen molar-refractivity contribution in [2.24, 2.45) is 5.73 Å². The Morgan fingerprint density at radius 2 is 1.97 bits per heavy atom. The average molecular weight is 419 g/mol. The van der Waals surface area contributed by atoms with E-state index in [1.165, 1.54) is 0 Å². The molecular weight excluding hydrogens is 394 g/mol. The molecule has 8 heteroatoms. The number of rotatable bonds is 5. The van der Waals surface area contributed by atoms with Crippen LogP contribution in [0, 0.1) is 0 Å². The fraction of sp³-hybridized carbons (Fsp3) is 0.391. The lowest BCUT2D eigenvalue weighted by Gasteiger charge is -2.22. The number of nitrogens with one attached hydrogen (secondary N) is 1. The number of anilines is 2. The number of cyclic esters (lactones) is 1. The highest BCUT2D eigenvalue weighted by Crippen LogP contribution is 2.35. The highest BCUT2D eigenvalue weighted by atomic mass is 16.5. The summed E-state index contributed by atoms with van der Waals surface area (Å²) in [5.74, 6) is 1.50.